The summed E-state index contributed by atoms with van der Waals surface area (Å²) in [6, 6.07) is 10.9. The van der Waals surface area contributed by atoms with Crippen molar-refractivity contribution in [2.75, 3.05) is 13.7 Å². The molecule has 5 nitrogen and oxygen atoms in total. The van der Waals surface area contributed by atoms with E-state index in [1.165, 1.54) is 0 Å². The number of benzene rings is 2. The lowest BCUT2D eigenvalue weighted by Gasteiger charge is -2.15. The second kappa shape index (κ2) is 8.68. The van der Waals surface area contributed by atoms with Crippen molar-refractivity contribution in [3.63, 3.8) is 0 Å². The van der Waals surface area contributed by atoms with Gasteiger partial charge in [0.15, 0.2) is 0 Å². The standard InChI is InChI=1S/C21H20Br2O5/c1-11(2)28-14-6-4-12(5-7-14)15-10-27-21(25)18(15)19(24)13-8-16(22)20(26-3)17(23)9-13/h4-9,11,19,24H,10H2,1-3H3. The molecule has 0 saturated heterocycles. The van der Waals surface area contributed by atoms with Crippen molar-refractivity contribution < 1.29 is 24.1 Å². The lowest BCUT2D eigenvalue weighted by Crippen LogP contribution is -2.10. The fourth-order valence-corrected chi connectivity index (χ4v) is 4.58. The van der Waals surface area contributed by atoms with Crippen LogP contribution in [0.4, 0.5) is 0 Å². The number of esters is 1. The first-order valence-electron chi connectivity index (χ1n) is 8.70. The lowest BCUT2D eigenvalue weighted by atomic mass is 9.94. The van der Waals surface area contributed by atoms with Crippen LogP contribution in [0.15, 0.2) is 50.9 Å². The van der Waals surface area contributed by atoms with Crippen molar-refractivity contribution in [2.24, 2.45) is 0 Å². The van der Waals surface area contributed by atoms with Crippen LogP contribution in [0.5, 0.6) is 11.5 Å². The number of hydrogen-bond acceptors (Lipinski definition) is 5. The Morgan fingerprint density at radius 2 is 1.71 bits per heavy atom. The zero-order valence-electron chi connectivity index (χ0n) is 15.7. The number of cyclic esters (lactones) is 1. The van der Waals surface area contributed by atoms with Gasteiger partial charge in [0.1, 0.15) is 24.2 Å². The van der Waals surface area contributed by atoms with Crippen LogP contribution in [0.2, 0.25) is 0 Å². The van der Waals surface area contributed by atoms with Crippen LogP contribution in [-0.4, -0.2) is 30.9 Å². The average molecular weight is 512 g/mol. The predicted octanol–water partition coefficient (Wildman–Crippen LogP) is 5.05. The largest absolute Gasteiger partial charge is 0.494 e. The Morgan fingerprint density at radius 1 is 1.11 bits per heavy atom. The molecule has 1 heterocycles. The predicted molar refractivity (Wildman–Crippen MR) is 113 cm³/mol. The van der Waals surface area contributed by atoms with Crippen LogP contribution in [0.25, 0.3) is 5.57 Å². The van der Waals surface area contributed by atoms with Crippen LogP contribution in [0.3, 0.4) is 0 Å². The second-order valence-corrected chi connectivity index (χ2v) is 8.29. The third kappa shape index (κ3) is 4.26. The molecule has 0 saturated carbocycles. The van der Waals surface area contributed by atoms with Crippen LogP contribution in [0, 0.1) is 0 Å². The van der Waals surface area contributed by atoms with E-state index in [0.29, 0.717) is 25.8 Å². The molecule has 0 radical (unpaired) electrons. The van der Waals surface area contributed by atoms with Crippen molar-refractivity contribution in [3.05, 3.63) is 62.0 Å². The summed E-state index contributed by atoms with van der Waals surface area (Å²) in [5, 5.41) is 10.9. The molecular formula is C21H20Br2O5. The SMILES string of the molecule is COc1c(Br)cc(C(O)C2=C(c3ccc(OC(C)C)cc3)COC2=O)cc1Br. The van der Waals surface area contributed by atoms with Gasteiger partial charge in [-0.2, -0.15) is 0 Å². The van der Waals surface area contributed by atoms with Gasteiger partial charge in [-0.15, -0.1) is 0 Å². The zero-order chi connectivity index (χ0) is 20.4. The van der Waals surface area contributed by atoms with Crippen molar-refractivity contribution in [3.8, 4) is 11.5 Å². The van der Waals surface area contributed by atoms with E-state index in [2.05, 4.69) is 31.9 Å². The number of carbonyl (C=O) groups is 1. The molecule has 0 aromatic heterocycles. The van der Waals surface area contributed by atoms with E-state index in [-0.39, 0.29) is 18.3 Å². The Morgan fingerprint density at radius 3 is 2.25 bits per heavy atom. The van der Waals surface area contributed by atoms with Crippen LogP contribution in [-0.2, 0) is 9.53 Å². The monoisotopic (exact) mass is 510 g/mol. The maximum absolute atomic E-state index is 12.4. The highest BCUT2D eigenvalue weighted by Gasteiger charge is 2.32. The minimum atomic E-state index is -1.13. The van der Waals surface area contributed by atoms with Crippen molar-refractivity contribution in [1.82, 2.24) is 0 Å². The van der Waals surface area contributed by atoms with E-state index < -0.39 is 12.1 Å². The van der Waals surface area contributed by atoms with Crippen molar-refractivity contribution >= 4 is 43.4 Å². The van der Waals surface area contributed by atoms with Gasteiger partial charge in [-0.05, 0) is 81.1 Å². The molecule has 0 amide bonds. The highest BCUT2D eigenvalue weighted by molar-refractivity contribution is 9.11. The number of carbonyl (C=O) groups excluding carboxylic acids is 1. The van der Waals surface area contributed by atoms with Gasteiger partial charge in [0.25, 0.3) is 0 Å². The van der Waals surface area contributed by atoms with Gasteiger partial charge in [0.2, 0.25) is 0 Å². The molecule has 7 heteroatoms. The minimum absolute atomic E-state index is 0.0748. The molecule has 1 aliphatic heterocycles. The topological polar surface area (TPSA) is 65.0 Å². The van der Waals surface area contributed by atoms with Gasteiger partial charge in [0, 0.05) is 5.57 Å². The highest BCUT2D eigenvalue weighted by Crippen LogP contribution is 2.40. The number of rotatable bonds is 6. The van der Waals surface area contributed by atoms with E-state index in [9.17, 15) is 9.90 Å². The number of aliphatic hydroxyl groups is 1. The van der Waals surface area contributed by atoms with Crippen LogP contribution < -0.4 is 9.47 Å². The first-order valence-corrected chi connectivity index (χ1v) is 10.3. The molecule has 0 fully saturated rings. The van der Waals surface area contributed by atoms with E-state index >= 15 is 0 Å². The maximum Gasteiger partial charge on any atom is 0.337 e. The fraction of sp³-hybridized carbons (Fsp3) is 0.286. The molecule has 1 N–H and O–H groups in total. The zero-order valence-corrected chi connectivity index (χ0v) is 18.8. The number of methoxy groups -OCH3 is 1. The summed E-state index contributed by atoms with van der Waals surface area (Å²) in [5.41, 5.74) is 2.26. The molecule has 0 spiro atoms. The van der Waals surface area contributed by atoms with E-state index in [0.717, 1.165) is 11.3 Å². The Bertz CT molecular complexity index is 896. The average Bonchev–Trinajstić information content (AvgIpc) is 3.02. The number of ether oxygens (including phenoxy) is 3. The van der Waals surface area contributed by atoms with E-state index in [1.807, 2.05) is 38.1 Å². The number of aliphatic hydroxyl groups excluding tert-OH is 1. The molecule has 2 aromatic rings. The first kappa shape index (κ1) is 20.9. The van der Waals surface area contributed by atoms with Gasteiger partial charge in [-0.1, -0.05) is 12.1 Å². The smallest absolute Gasteiger partial charge is 0.337 e. The summed E-state index contributed by atoms with van der Waals surface area (Å²) in [4.78, 5) is 12.4. The number of halogens is 2. The molecule has 1 aliphatic rings. The van der Waals surface area contributed by atoms with Crippen molar-refractivity contribution in [1.29, 1.82) is 0 Å². The molecule has 28 heavy (non-hydrogen) atoms. The molecule has 1 unspecified atom stereocenters. The van der Waals surface area contributed by atoms with Crippen LogP contribution in [0.1, 0.15) is 31.1 Å². The molecular weight excluding hydrogens is 492 g/mol. The summed E-state index contributed by atoms with van der Waals surface area (Å²) in [6.45, 7) is 4.03. The molecule has 0 aliphatic carbocycles. The summed E-state index contributed by atoms with van der Waals surface area (Å²) in [6.07, 6.45) is -1.05. The Labute approximate surface area is 180 Å². The third-order valence-corrected chi connectivity index (χ3v) is 5.46. The van der Waals surface area contributed by atoms with Crippen LogP contribution >= 0.6 is 31.9 Å². The van der Waals surface area contributed by atoms with Gasteiger partial charge >= 0.3 is 5.97 Å². The van der Waals surface area contributed by atoms with Gasteiger partial charge in [-0.3, -0.25) is 0 Å². The highest BCUT2D eigenvalue weighted by atomic mass is 79.9. The van der Waals surface area contributed by atoms with Gasteiger partial charge in [0.05, 0.1) is 27.7 Å². The van der Waals surface area contributed by atoms with Gasteiger partial charge in [-0.25, -0.2) is 4.79 Å². The quantitative estimate of drug-likeness (QED) is 0.549. The second-order valence-electron chi connectivity index (χ2n) is 6.58. The van der Waals surface area contributed by atoms with E-state index in [4.69, 9.17) is 14.2 Å². The molecule has 3 rings (SSSR count). The third-order valence-electron chi connectivity index (χ3n) is 4.28. The first-order chi connectivity index (χ1) is 13.3. The Balaban J connectivity index is 1.99. The maximum atomic E-state index is 12.4. The lowest BCUT2D eigenvalue weighted by molar-refractivity contribution is -0.136. The van der Waals surface area contributed by atoms with Crippen molar-refractivity contribution in [2.45, 2.75) is 26.1 Å². The summed E-state index contributed by atoms with van der Waals surface area (Å²) in [5.74, 6) is 0.836. The normalized spacial score (nSPS) is 15.0. The fourth-order valence-electron chi connectivity index (χ4n) is 3.04. The Hall–Kier alpha value is -1.83. The molecule has 0 bridgehead atoms. The van der Waals surface area contributed by atoms with Gasteiger partial charge < -0.3 is 19.3 Å². The minimum Gasteiger partial charge on any atom is -0.494 e. The summed E-state index contributed by atoms with van der Waals surface area (Å²) >= 11 is 6.85. The molecule has 2 aromatic carbocycles. The molecule has 1 atom stereocenters. The summed E-state index contributed by atoms with van der Waals surface area (Å²) in [7, 11) is 1.56. The number of hydrogen-bond donors (Lipinski definition) is 1. The molecule has 148 valence electrons. The Kier molecular flexibility index (Phi) is 6.47. The summed E-state index contributed by atoms with van der Waals surface area (Å²) < 4.78 is 17.5. The van der Waals surface area contributed by atoms with E-state index in [1.54, 1.807) is 19.2 Å².